The van der Waals surface area contributed by atoms with Gasteiger partial charge in [0.05, 0.1) is 11.0 Å². The molecule has 0 saturated carbocycles. The van der Waals surface area contributed by atoms with Gasteiger partial charge in [-0.05, 0) is 25.1 Å². The molecule has 1 unspecified atom stereocenters. The van der Waals surface area contributed by atoms with Crippen LogP contribution in [0.5, 0.6) is 11.6 Å². The SMILES string of the molecule is CC(O)c1cccnc1Oc1c(F)cccc1[N+](=O)[O-]. The largest absolute Gasteiger partial charge is 0.428 e. The molecule has 6 nitrogen and oxygen atoms in total. The van der Waals surface area contributed by atoms with Crippen LogP contribution in [0.2, 0.25) is 0 Å². The molecule has 2 aromatic rings. The number of pyridine rings is 1. The molecule has 0 spiro atoms. The number of para-hydroxylation sites is 1. The van der Waals surface area contributed by atoms with Crippen LogP contribution in [0.1, 0.15) is 18.6 Å². The number of nitro groups is 1. The molecule has 0 aliphatic carbocycles. The Bertz CT molecular complexity index is 646. The van der Waals surface area contributed by atoms with Gasteiger partial charge in [-0.15, -0.1) is 0 Å². The molecule has 1 aromatic carbocycles. The maximum Gasteiger partial charge on any atom is 0.314 e. The van der Waals surface area contributed by atoms with E-state index in [1.54, 1.807) is 12.1 Å². The number of benzene rings is 1. The van der Waals surface area contributed by atoms with E-state index in [-0.39, 0.29) is 5.88 Å². The molecule has 0 bridgehead atoms. The number of aliphatic hydroxyl groups excluding tert-OH is 1. The number of halogens is 1. The molecule has 2 rings (SSSR count). The van der Waals surface area contributed by atoms with Gasteiger partial charge in [0.2, 0.25) is 11.6 Å². The minimum absolute atomic E-state index is 0.0734. The number of nitrogens with zero attached hydrogens (tertiary/aromatic N) is 2. The molecule has 0 amide bonds. The lowest BCUT2D eigenvalue weighted by molar-refractivity contribution is -0.385. The van der Waals surface area contributed by atoms with Gasteiger partial charge in [0.1, 0.15) is 0 Å². The Balaban J connectivity index is 2.48. The molecular weight excluding hydrogens is 267 g/mol. The number of hydrogen-bond donors (Lipinski definition) is 1. The molecule has 0 saturated heterocycles. The maximum absolute atomic E-state index is 13.7. The van der Waals surface area contributed by atoms with Crippen molar-refractivity contribution >= 4 is 5.69 Å². The summed E-state index contributed by atoms with van der Waals surface area (Å²) < 4.78 is 18.9. The Labute approximate surface area is 113 Å². The van der Waals surface area contributed by atoms with Crippen LogP contribution < -0.4 is 4.74 Å². The summed E-state index contributed by atoms with van der Waals surface area (Å²) in [6, 6.07) is 6.51. The van der Waals surface area contributed by atoms with Crippen LogP contribution in [0, 0.1) is 15.9 Å². The highest BCUT2D eigenvalue weighted by Crippen LogP contribution is 2.35. The van der Waals surface area contributed by atoms with E-state index in [4.69, 9.17) is 4.74 Å². The molecule has 0 aliphatic heterocycles. The van der Waals surface area contributed by atoms with Crippen molar-refractivity contribution in [2.45, 2.75) is 13.0 Å². The fourth-order valence-corrected chi connectivity index (χ4v) is 1.65. The van der Waals surface area contributed by atoms with Crippen LogP contribution in [-0.2, 0) is 0 Å². The Morgan fingerprint density at radius 2 is 2.15 bits per heavy atom. The standard InChI is InChI=1S/C13H11FN2O4/c1-8(17)9-4-3-7-15-13(9)20-12-10(14)5-2-6-11(12)16(18)19/h2-8,17H,1H3. The second kappa shape index (κ2) is 5.62. The van der Waals surface area contributed by atoms with Crippen LogP contribution in [-0.4, -0.2) is 15.0 Å². The van der Waals surface area contributed by atoms with Gasteiger partial charge in [0.25, 0.3) is 0 Å². The van der Waals surface area contributed by atoms with Crippen molar-refractivity contribution < 1.29 is 19.2 Å². The van der Waals surface area contributed by atoms with E-state index in [0.29, 0.717) is 5.56 Å². The summed E-state index contributed by atoms with van der Waals surface area (Å²) in [5.74, 6) is -1.48. The molecule has 1 heterocycles. The van der Waals surface area contributed by atoms with Crippen LogP contribution in [0.15, 0.2) is 36.5 Å². The van der Waals surface area contributed by atoms with E-state index in [0.717, 1.165) is 12.1 Å². The summed E-state index contributed by atoms with van der Waals surface area (Å²) in [6.45, 7) is 1.49. The molecular formula is C13H11FN2O4. The highest BCUT2D eigenvalue weighted by Gasteiger charge is 2.22. The van der Waals surface area contributed by atoms with Gasteiger partial charge in [-0.25, -0.2) is 9.37 Å². The Morgan fingerprint density at radius 3 is 2.80 bits per heavy atom. The Hall–Kier alpha value is -2.54. The van der Waals surface area contributed by atoms with Crippen molar-refractivity contribution in [3.05, 3.63) is 58.0 Å². The van der Waals surface area contributed by atoms with Crippen molar-refractivity contribution in [3.63, 3.8) is 0 Å². The summed E-state index contributed by atoms with van der Waals surface area (Å²) in [5, 5.41) is 20.5. The van der Waals surface area contributed by atoms with Crippen molar-refractivity contribution in [2.75, 3.05) is 0 Å². The fraction of sp³-hybridized carbons (Fsp3) is 0.154. The molecule has 1 N–H and O–H groups in total. The summed E-state index contributed by atoms with van der Waals surface area (Å²) in [7, 11) is 0. The molecule has 7 heteroatoms. The van der Waals surface area contributed by atoms with Crippen molar-refractivity contribution in [1.29, 1.82) is 0 Å². The number of rotatable bonds is 4. The maximum atomic E-state index is 13.7. The van der Waals surface area contributed by atoms with Crippen molar-refractivity contribution in [1.82, 2.24) is 4.98 Å². The molecule has 1 aromatic heterocycles. The number of ether oxygens (including phenoxy) is 1. The van der Waals surface area contributed by atoms with E-state index >= 15 is 0 Å². The predicted octanol–water partition coefficient (Wildman–Crippen LogP) is 2.97. The van der Waals surface area contributed by atoms with Gasteiger partial charge in [0.15, 0.2) is 5.82 Å². The summed E-state index contributed by atoms with van der Waals surface area (Å²) in [6.07, 6.45) is 0.484. The number of nitro benzene ring substituents is 1. The third kappa shape index (κ3) is 2.72. The summed E-state index contributed by atoms with van der Waals surface area (Å²) in [5.41, 5.74) is -0.197. The third-order valence-corrected chi connectivity index (χ3v) is 2.59. The lowest BCUT2D eigenvalue weighted by atomic mass is 10.2. The van der Waals surface area contributed by atoms with Gasteiger partial charge in [0, 0.05) is 17.8 Å². The first-order valence-electron chi connectivity index (χ1n) is 5.74. The summed E-state index contributed by atoms with van der Waals surface area (Å²) >= 11 is 0. The molecule has 104 valence electrons. The quantitative estimate of drug-likeness (QED) is 0.686. The van der Waals surface area contributed by atoms with Gasteiger partial charge in [-0.3, -0.25) is 10.1 Å². The zero-order valence-corrected chi connectivity index (χ0v) is 10.5. The zero-order valence-electron chi connectivity index (χ0n) is 10.5. The summed E-state index contributed by atoms with van der Waals surface area (Å²) in [4.78, 5) is 14.0. The molecule has 1 atom stereocenters. The fourth-order valence-electron chi connectivity index (χ4n) is 1.65. The average Bonchev–Trinajstić information content (AvgIpc) is 2.41. The monoisotopic (exact) mass is 278 g/mol. The van der Waals surface area contributed by atoms with E-state index in [1.165, 1.54) is 19.2 Å². The Kier molecular flexibility index (Phi) is 3.90. The van der Waals surface area contributed by atoms with E-state index < -0.39 is 28.3 Å². The first-order chi connectivity index (χ1) is 9.50. The minimum atomic E-state index is -0.899. The van der Waals surface area contributed by atoms with Gasteiger partial charge < -0.3 is 9.84 Å². The average molecular weight is 278 g/mol. The smallest absolute Gasteiger partial charge is 0.314 e. The highest BCUT2D eigenvalue weighted by molar-refractivity contribution is 5.49. The second-order valence-corrected chi connectivity index (χ2v) is 4.02. The predicted molar refractivity (Wildman–Crippen MR) is 68.0 cm³/mol. The second-order valence-electron chi connectivity index (χ2n) is 4.02. The third-order valence-electron chi connectivity index (χ3n) is 2.59. The van der Waals surface area contributed by atoms with Gasteiger partial charge in [-0.1, -0.05) is 6.07 Å². The Morgan fingerprint density at radius 1 is 1.40 bits per heavy atom. The molecule has 0 aliphatic rings. The van der Waals surface area contributed by atoms with E-state index in [2.05, 4.69) is 4.98 Å². The normalized spacial score (nSPS) is 11.9. The zero-order chi connectivity index (χ0) is 14.7. The lowest BCUT2D eigenvalue weighted by Crippen LogP contribution is -2.01. The topological polar surface area (TPSA) is 85.5 Å². The lowest BCUT2D eigenvalue weighted by Gasteiger charge is -2.11. The van der Waals surface area contributed by atoms with Crippen LogP contribution in [0.25, 0.3) is 0 Å². The number of hydrogen-bond acceptors (Lipinski definition) is 5. The number of aromatic nitrogens is 1. The highest BCUT2D eigenvalue weighted by atomic mass is 19.1. The van der Waals surface area contributed by atoms with E-state index in [1.807, 2.05) is 0 Å². The van der Waals surface area contributed by atoms with Crippen LogP contribution in [0.4, 0.5) is 10.1 Å². The van der Waals surface area contributed by atoms with Crippen molar-refractivity contribution in [2.24, 2.45) is 0 Å². The van der Waals surface area contributed by atoms with Gasteiger partial charge >= 0.3 is 5.69 Å². The minimum Gasteiger partial charge on any atom is -0.428 e. The van der Waals surface area contributed by atoms with Crippen LogP contribution in [0.3, 0.4) is 0 Å². The molecule has 20 heavy (non-hydrogen) atoms. The first kappa shape index (κ1) is 13.9. The van der Waals surface area contributed by atoms with Gasteiger partial charge in [-0.2, -0.15) is 0 Å². The molecule has 0 radical (unpaired) electrons. The van der Waals surface area contributed by atoms with Crippen molar-refractivity contribution in [3.8, 4) is 11.6 Å². The molecule has 0 fully saturated rings. The number of aliphatic hydroxyl groups is 1. The van der Waals surface area contributed by atoms with Crippen LogP contribution >= 0.6 is 0 Å². The first-order valence-corrected chi connectivity index (χ1v) is 5.74. The van der Waals surface area contributed by atoms with E-state index in [9.17, 15) is 19.6 Å².